The predicted molar refractivity (Wildman–Crippen MR) is 62.5 cm³/mol. The average Bonchev–Trinajstić information content (AvgIpc) is 3.00. The minimum Gasteiger partial charge on any atom is -0.465 e. The third kappa shape index (κ3) is 2.25. The fourth-order valence-electron chi connectivity index (χ4n) is 1.39. The molecule has 10 heteroatoms. The quantitative estimate of drug-likeness (QED) is 0.702. The largest absolute Gasteiger partial charge is 0.465 e. The van der Waals surface area contributed by atoms with Gasteiger partial charge in [-0.1, -0.05) is 0 Å². The summed E-state index contributed by atoms with van der Waals surface area (Å²) in [7, 11) is 2.20. The SMILES string of the molecule is COC(=O)c1cn(-c2ncn[nH]2)nc(C(=O)OC)c1=O. The molecule has 0 fully saturated rings. The molecule has 20 heavy (non-hydrogen) atoms. The van der Waals surface area contributed by atoms with Crippen molar-refractivity contribution in [1.29, 1.82) is 0 Å². The summed E-state index contributed by atoms with van der Waals surface area (Å²) in [5.41, 5.74) is -1.83. The zero-order valence-electron chi connectivity index (χ0n) is 10.5. The van der Waals surface area contributed by atoms with E-state index in [0.29, 0.717) is 0 Å². The van der Waals surface area contributed by atoms with E-state index < -0.39 is 23.1 Å². The summed E-state index contributed by atoms with van der Waals surface area (Å²) in [5, 5.41) is 9.83. The Kier molecular flexibility index (Phi) is 3.55. The number of hydrogen-bond donors (Lipinski definition) is 1. The van der Waals surface area contributed by atoms with Crippen molar-refractivity contribution in [1.82, 2.24) is 25.0 Å². The number of aromatic nitrogens is 5. The lowest BCUT2D eigenvalue weighted by molar-refractivity contribution is 0.0587. The van der Waals surface area contributed by atoms with Crippen LogP contribution >= 0.6 is 0 Å². The Hall–Kier alpha value is -3.04. The number of esters is 2. The Morgan fingerprint density at radius 1 is 1.25 bits per heavy atom. The van der Waals surface area contributed by atoms with Gasteiger partial charge in [-0.3, -0.25) is 4.79 Å². The first kappa shape index (κ1) is 13.4. The number of hydrogen-bond acceptors (Lipinski definition) is 8. The molecule has 0 saturated heterocycles. The smallest absolute Gasteiger partial charge is 0.362 e. The van der Waals surface area contributed by atoms with Gasteiger partial charge in [-0.15, -0.1) is 0 Å². The summed E-state index contributed by atoms with van der Waals surface area (Å²) < 4.78 is 9.94. The van der Waals surface area contributed by atoms with Crippen LogP contribution in [-0.4, -0.2) is 51.1 Å². The molecule has 104 valence electrons. The molecule has 0 radical (unpaired) electrons. The second kappa shape index (κ2) is 5.30. The van der Waals surface area contributed by atoms with Gasteiger partial charge in [0.15, 0.2) is 0 Å². The van der Waals surface area contributed by atoms with Crippen LogP contribution in [0, 0.1) is 0 Å². The van der Waals surface area contributed by atoms with Crippen LogP contribution in [0.4, 0.5) is 0 Å². The first-order valence-corrected chi connectivity index (χ1v) is 5.24. The van der Waals surface area contributed by atoms with E-state index >= 15 is 0 Å². The number of H-pyrrole nitrogens is 1. The van der Waals surface area contributed by atoms with Gasteiger partial charge in [-0.25, -0.2) is 19.4 Å². The van der Waals surface area contributed by atoms with Crippen LogP contribution in [0.25, 0.3) is 5.95 Å². The maximum atomic E-state index is 12.0. The molecular formula is C10H9N5O5. The molecule has 10 nitrogen and oxygen atoms in total. The van der Waals surface area contributed by atoms with Crippen molar-refractivity contribution in [3.05, 3.63) is 34.0 Å². The number of methoxy groups -OCH3 is 2. The molecule has 2 heterocycles. The first-order valence-electron chi connectivity index (χ1n) is 5.24. The van der Waals surface area contributed by atoms with Crippen molar-refractivity contribution in [2.45, 2.75) is 0 Å². The number of carbonyl (C=O) groups excluding carboxylic acids is 2. The molecule has 1 N–H and O–H groups in total. The Labute approximate surface area is 111 Å². The molecule has 0 aliphatic heterocycles. The Balaban J connectivity index is 2.69. The van der Waals surface area contributed by atoms with Gasteiger partial charge in [0.1, 0.15) is 11.9 Å². The maximum absolute atomic E-state index is 12.0. The van der Waals surface area contributed by atoms with Gasteiger partial charge in [-0.05, 0) is 0 Å². The summed E-state index contributed by atoms with van der Waals surface area (Å²) in [4.78, 5) is 38.8. The third-order valence-corrected chi connectivity index (χ3v) is 2.32. The molecular weight excluding hydrogens is 270 g/mol. The fraction of sp³-hybridized carbons (Fsp3) is 0.200. The lowest BCUT2D eigenvalue weighted by atomic mass is 10.2. The number of rotatable bonds is 3. The topological polar surface area (TPSA) is 129 Å². The van der Waals surface area contributed by atoms with Crippen LogP contribution in [0.3, 0.4) is 0 Å². The highest BCUT2D eigenvalue weighted by Gasteiger charge is 2.22. The van der Waals surface area contributed by atoms with Crippen LogP contribution in [0.2, 0.25) is 0 Å². The number of aromatic amines is 1. The monoisotopic (exact) mass is 279 g/mol. The maximum Gasteiger partial charge on any atom is 0.362 e. The van der Waals surface area contributed by atoms with E-state index in [2.05, 4.69) is 29.8 Å². The highest BCUT2D eigenvalue weighted by atomic mass is 16.5. The molecule has 0 aromatic carbocycles. The van der Waals surface area contributed by atoms with Gasteiger partial charge >= 0.3 is 11.9 Å². The van der Waals surface area contributed by atoms with Gasteiger partial charge in [0.25, 0.3) is 0 Å². The summed E-state index contributed by atoms with van der Waals surface area (Å²) >= 11 is 0. The summed E-state index contributed by atoms with van der Waals surface area (Å²) in [6, 6.07) is 0. The van der Waals surface area contributed by atoms with Crippen molar-refractivity contribution in [2.24, 2.45) is 0 Å². The van der Waals surface area contributed by atoms with E-state index in [4.69, 9.17) is 0 Å². The predicted octanol–water partition coefficient (Wildman–Crippen LogP) is -1.08. The second-order valence-corrected chi connectivity index (χ2v) is 3.46. The Bertz CT molecular complexity index is 665. The molecule has 0 bridgehead atoms. The van der Waals surface area contributed by atoms with Gasteiger partial charge in [0.2, 0.25) is 17.1 Å². The number of nitrogens with zero attached hydrogens (tertiary/aromatic N) is 4. The Morgan fingerprint density at radius 3 is 2.50 bits per heavy atom. The zero-order valence-corrected chi connectivity index (χ0v) is 10.5. The van der Waals surface area contributed by atoms with E-state index in [1.165, 1.54) is 6.33 Å². The number of nitrogens with one attached hydrogen (secondary N) is 1. The first-order chi connectivity index (χ1) is 9.58. The van der Waals surface area contributed by atoms with E-state index in [0.717, 1.165) is 25.1 Å². The fourth-order valence-corrected chi connectivity index (χ4v) is 1.39. The van der Waals surface area contributed by atoms with Crippen molar-refractivity contribution < 1.29 is 19.1 Å². The van der Waals surface area contributed by atoms with E-state index in [1.54, 1.807) is 0 Å². The molecule has 0 amide bonds. The molecule has 0 aliphatic carbocycles. The number of ether oxygens (including phenoxy) is 2. The van der Waals surface area contributed by atoms with E-state index in [9.17, 15) is 14.4 Å². The van der Waals surface area contributed by atoms with Gasteiger partial charge in [-0.2, -0.15) is 15.2 Å². The second-order valence-electron chi connectivity index (χ2n) is 3.46. The van der Waals surface area contributed by atoms with Crippen LogP contribution in [0.5, 0.6) is 0 Å². The minimum absolute atomic E-state index is 0.111. The highest BCUT2D eigenvalue weighted by molar-refractivity contribution is 5.93. The minimum atomic E-state index is -0.978. The zero-order chi connectivity index (χ0) is 14.7. The van der Waals surface area contributed by atoms with Crippen LogP contribution in [-0.2, 0) is 9.47 Å². The van der Waals surface area contributed by atoms with Crippen LogP contribution in [0.15, 0.2) is 17.3 Å². The van der Waals surface area contributed by atoms with Crippen molar-refractivity contribution in [3.8, 4) is 5.95 Å². The lowest BCUT2D eigenvalue weighted by Gasteiger charge is -2.06. The lowest BCUT2D eigenvalue weighted by Crippen LogP contribution is -2.28. The third-order valence-electron chi connectivity index (χ3n) is 2.32. The van der Waals surface area contributed by atoms with Crippen molar-refractivity contribution >= 4 is 11.9 Å². The normalized spacial score (nSPS) is 10.1. The molecule has 0 spiro atoms. The number of carbonyl (C=O) groups is 2. The standard InChI is InChI=1S/C10H9N5O5/c1-19-8(17)5-3-15(10-11-4-12-13-10)14-6(7(5)16)9(18)20-2/h3-4H,1-2H3,(H,11,12,13). The molecule has 2 aromatic heterocycles. The van der Waals surface area contributed by atoms with Crippen molar-refractivity contribution in [3.63, 3.8) is 0 Å². The molecule has 0 aliphatic rings. The van der Waals surface area contributed by atoms with Crippen LogP contribution in [0.1, 0.15) is 20.8 Å². The Morgan fingerprint density at radius 2 is 1.95 bits per heavy atom. The summed E-state index contributed by atoms with van der Waals surface area (Å²) in [6.45, 7) is 0. The van der Waals surface area contributed by atoms with Gasteiger partial charge in [0, 0.05) is 0 Å². The molecule has 0 atom stereocenters. The molecule has 2 rings (SSSR count). The summed E-state index contributed by atoms with van der Waals surface area (Å²) in [6.07, 6.45) is 2.28. The summed E-state index contributed by atoms with van der Waals surface area (Å²) in [5.74, 6) is -1.77. The van der Waals surface area contributed by atoms with Crippen LogP contribution < -0.4 is 5.43 Å². The average molecular weight is 279 g/mol. The molecule has 0 unspecified atom stereocenters. The van der Waals surface area contributed by atoms with Gasteiger partial charge in [0.05, 0.1) is 20.4 Å². The molecule has 0 saturated carbocycles. The van der Waals surface area contributed by atoms with Crippen molar-refractivity contribution in [2.75, 3.05) is 14.2 Å². The molecule has 2 aromatic rings. The van der Waals surface area contributed by atoms with E-state index in [-0.39, 0.29) is 11.5 Å². The van der Waals surface area contributed by atoms with Gasteiger partial charge < -0.3 is 9.47 Å². The highest BCUT2D eigenvalue weighted by Crippen LogP contribution is 2.02. The van der Waals surface area contributed by atoms with E-state index in [1.807, 2.05) is 0 Å².